The molecule has 0 spiro atoms. The minimum absolute atomic E-state index is 0.251. The van der Waals surface area contributed by atoms with Crippen LogP contribution in [0, 0.1) is 0 Å². The number of nitrogens with one attached hydrogen (secondary N) is 1. The van der Waals surface area contributed by atoms with Crippen molar-refractivity contribution in [1.29, 1.82) is 0 Å². The van der Waals surface area contributed by atoms with E-state index in [0.29, 0.717) is 12.8 Å². The van der Waals surface area contributed by atoms with Crippen LogP contribution in [0.4, 0.5) is 0 Å². The Kier molecular flexibility index (Phi) is 54.6. The lowest BCUT2D eigenvalue weighted by Gasteiger charge is -2.48. The number of aliphatic hydroxyl groups is 11. The zero-order chi connectivity index (χ0) is 70.4. The zero-order valence-electron chi connectivity index (χ0n) is 60.8. The summed E-state index contributed by atoms with van der Waals surface area (Å²) >= 11 is 0. The first-order valence-electron chi connectivity index (χ1n) is 39.7. The molecule has 97 heavy (non-hydrogen) atoms. The van der Waals surface area contributed by atoms with Crippen molar-refractivity contribution in [2.24, 2.45) is 0 Å². The first-order valence-corrected chi connectivity index (χ1v) is 39.7. The number of carbonyl (C=O) groups excluding carboxylic acids is 1. The molecule has 17 atom stereocenters. The molecule has 0 aromatic carbocycles. The Morgan fingerprint density at radius 2 is 0.680 bits per heavy atom. The van der Waals surface area contributed by atoms with Crippen LogP contribution >= 0.6 is 0 Å². The average Bonchev–Trinajstić information content (AvgIpc) is 0.789. The molecular weight excluding hydrogens is 1240 g/mol. The van der Waals surface area contributed by atoms with Crippen molar-refractivity contribution in [3.63, 3.8) is 0 Å². The first-order chi connectivity index (χ1) is 47.3. The molecule has 12 N–H and O–H groups in total. The van der Waals surface area contributed by atoms with E-state index in [0.717, 1.165) is 77.0 Å². The third-order valence-electron chi connectivity index (χ3n) is 20.0. The van der Waals surface area contributed by atoms with Gasteiger partial charge in [-0.2, -0.15) is 0 Å². The Morgan fingerprint density at radius 3 is 1.06 bits per heavy atom. The average molecular weight is 1390 g/mol. The lowest BCUT2D eigenvalue weighted by Crippen LogP contribution is -2.66. The van der Waals surface area contributed by atoms with Crippen LogP contribution in [0.15, 0.2) is 36.5 Å². The predicted octanol–water partition coefficient (Wildman–Crippen LogP) is 12.7. The monoisotopic (exact) mass is 1380 g/mol. The molecule has 3 heterocycles. The van der Waals surface area contributed by atoms with Gasteiger partial charge < -0.3 is 89.9 Å². The number of rotatable bonds is 63. The number of hydrogen-bond donors (Lipinski definition) is 12. The van der Waals surface area contributed by atoms with Crippen LogP contribution in [0.25, 0.3) is 0 Å². The summed E-state index contributed by atoms with van der Waals surface area (Å²) in [7, 11) is 0. The van der Waals surface area contributed by atoms with Crippen LogP contribution in [0.2, 0.25) is 0 Å². The predicted molar refractivity (Wildman–Crippen MR) is 383 cm³/mol. The van der Waals surface area contributed by atoms with Crippen LogP contribution < -0.4 is 5.32 Å². The van der Waals surface area contributed by atoms with Gasteiger partial charge in [-0.25, -0.2) is 0 Å². The SMILES string of the molecule is CCCCCCC/C=C\C/C=C\C/C=C\CCCCCCCCC(=O)NC(COC1OC(CO)C(OC2OC(CO)C(OC3OC(CO)C(O)C(O)C3O)C(O)C2O)C(O)C1O)C(O)CCCCCCCCCCCCCCCCCCCCCCCCCCCCCCCCC. The van der Waals surface area contributed by atoms with E-state index in [4.69, 9.17) is 28.4 Å². The van der Waals surface area contributed by atoms with E-state index in [1.807, 2.05) is 0 Å². The normalized spacial score (nSPS) is 27.0. The molecule has 3 aliphatic heterocycles. The van der Waals surface area contributed by atoms with E-state index in [2.05, 4.69) is 55.6 Å². The highest BCUT2D eigenvalue weighted by Gasteiger charge is 2.54. The van der Waals surface area contributed by atoms with E-state index in [1.54, 1.807) is 0 Å². The van der Waals surface area contributed by atoms with Crippen molar-refractivity contribution in [2.45, 2.75) is 426 Å². The van der Waals surface area contributed by atoms with E-state index in [9.17, 15) is 61.0 Å². The van der Waals surface area contributed by atoms with Gasteiger partial charge in [-0.1, -0.05) is 301 Å². The summed E-state index contributed by atoms with van der Waals surface area (Å²) in [5.74, 6) is -0.251. The Balaban J connectivity index is 1.37. The molecule has 19 nitrogen and oxygen atoms in total. The van der Waals surface area contributed by atoms with Crippen molar-refractivity contribution < 1.29 is 89.4 Å². The highest BCUT2D eigenvalue weighted by molar-refractivity contribution is 5.76. The summed E-state index contributed by atoms with van der Waals surface area (Å²) < 4.78 is 34.5. The molecule has 1 amide bonds. The molecule has 0 aliphatic carbocycles. The molecule has 570 valence electrons. The van der Waals surface area contributed by atoms with E-state index < -0.39 is 124 Å². The Labute approximate surface area is 587 Å². The minimum atomic E-state index is -1.98. The summed E-state index contributed by atoms with van der Waals surface area (Å²) in [4.78, 5) is 13.5. The van der Waals surface area contributed by atoms with Crippen molar-refractivity contribution in [3.8, 4) is 0 Å². The van der Waals surface area contributed by atoms with Gasteiger partial charge >= 0.3 is 0 Å². The van der Waals surface area contributed by atoms with Gasteiger partial charge in [-0.05, 0) is 51.4 Å². The lowest BCUT2D eigenvalue weighted by molar-refractivity contribution is -0.379. The van der Waals surface area contributed by atoms with Gasteiger partial charge in [0.15, 0.2) is 18.9 Å². The maximum atomic E-state index is 13.5. The Hall–Kier alpha value is -1.99. The molecule has 0 radical (unpaired) electrons. The first kappa shape index (κ1) is 89.2. The summed E-state index contributed by atoms with van der Waals surface area (Å²) in [5.41, 5.74) is 0. The topological polar surface area (TPSA) is 307 Å². The van der Waals surface area contributed by atoms with Gasteiger partial charge in [0.2, 0.25) is 5.91 Å². The summed E-state index contributed by atoms with van der Waals surface area (Å²) in [6.45, 7) is 1.82. The zero-order valence-corrected chi connectivity index (χ0v) is 60.8. The number of unbranched alkanes of at least 4 members (excludes halogenated alkanes) is 41. The Morgan fingerprint density at radius 1 is 0.371 bits per heavy atom. The fraction of sp³-hybridized carbons (Fsp3) is 0.910. The number of amides is 1. The van der Waals surface area contributed by atoms with Crippen molar-refractivity contribution >= 4 is 5.91 Å². The molecule has 3 rings (SSSR count). The minimum Gasteiger partial charge on any atom is -0.394 e. The molecular formula is C78H145NO18. The molecule has 0 saturated carbocycles. The molecule has 0 aromatic heterocycles. The number of aliphatic hydroxyl groups excluding tert-OH is 11. The molecule has 0 bridgehead atoms. The second-order valence-corrected chi connectivity index (χ2v) is 28.5. The fourth-order valence-electron chi connectivity index (χ4n) is 13.6. The summed E-state index contributed by atoms with van der Waals surface area (Å²) in [6, 6.07) is -0.897. The third kappa shape index (κ3) is 40.0. The lowest BCUT2D eigenvalue weighted by atomic mass is 9.96. The molecule has 17 unspecified atom stereocenters. The van der Waals surface area contributed by atoms with Gasteiger partial charge in [-0.3, -0.25) is 4.79 Å². The quantitative estimate of drug-likeness (QED) is 0.0199. The van der Waals surface area contributed by atoms with Gasteiger partial charge in [0.25, 0.3) is 0 Å². The highest BCUT2D eigenvalue weighted by atomic mass is 16.8. The van der Waals surface area contributed by atoms with Gasteiger partial charge in [0, 0.05) is 6.42 Å². The molecule has 3 saturated heterocycles. The third-order valence-corrected chi connectivity index (χ3v) is 20.0. The van der Waals surface area contributed by atoms with Gasteiger partial charge in [0.05, 0.1) is 38.6 Å². The Bertz CT molecular complexity index is 1900. The number of ether oxygens (including phenoxy) is 6. The van der Waals surface area contributed by atoms with Crippen LogP contribution in [0.5, 0.6) is 0 Å². The second-order valence-electron chi connectivity index (χ2n) is 28.5. The molecule has 3 aliphatic rings. The van der Waals surface area contributed by atoms with Crippen LogP contribution in [0.1, 0.15) is 322 Å². The maximum absolute atomic E-state index is 13.5. The summed E-state index contributed by atoms with van der Waals surface area (Å²) in [5, 5.41) is 121. The smallest absolute Gasteiger partial charge is 0.220 e. The second kappa shape index (κ2) is 59.4. The summed E-state index contributed by atoms with van der Waals surface area (Å²) in [6.07, 6.45) is 45.2. The maximum Gasteiger partial charge on any atom is 0.220 e. The largest absolute Gasteiger partial charge is 0.394 e. The van der Waals surface area contributed by atoms with Crippen molar-refractivity contribution in [3.05, 3.63) is 36.5 Å². The van der Waals surface area contributed by atoms with E-state index in [-0.39, 0.29) is 18.9 Å². The van der Waals surface area contributed by atoms with Crippen molar-refractivity contribution in [2.75, 3.05) is 26.4 Å². The number of carbonyl (C=O) groups is 1. The number of hydrogen-bond acceptors (Lipinski definition) is 18. The van der Waals surface area contributed by atoms with Gasteiger partial charge in [-0.15, -0.1) is 0 Å². The molecule has 0 aromatic rings. The molecule has 19 heteroatoms. The van der Waals surface area contributed by atoms with Crippen molar-refractivity contribution in [1.82, 2.24) is 5.32 Å². The fourth-order valence-corrected chi connectivity index (χ4v) is 13.6. The van der Waals surface area contributed by atoms with Gasteiger partial charge in [0.1, 0.15) is 73.2 Å². The van der Waals surface area contributed by atoms with Crippen LogP contribution in [0.3, 0.4) is 0 Å². The number of allylic oxidation sites excluding steroid dienone is 6. The molecule has 3 fully saturated rings. The van der Waals surface area contributed by atoms with Crippen LogP contribution in [-0.4, -0.2) is 193 Å². The van der Waals surface area contributed by atoms with E-state index >= 15 is 0 Å². The standard InChI is InChI=1S/C78H145NO18/c1-3-5-7-9-11-13-15-17-19-21-23-25-26-27-28-29-30-31-32-33-34-36-37-39-41-43-45-47-49-51-53-55-62(83)61(79-66(84)56-54-52-50-48-46-44-42-40-38-35-24-22-20-18-16-14-12-10-8-6-4-2)60-92-76-72(90)69(87)74(64(58-81)94-76)97-78-73(91)70(88)75(65(59-82)95-78)96-77-71(89)68(86)67(85)63(57-80)93-77/h16,18,22,24,38,40,61-65,67-78,80-83,85-91H,3-15,17,19-21,23,25-37,39,41-60H2,1-2H3,(H,79,84)/b18-16-,24-22-,40-38-. The van der Waals surface area contributed by atoms with E-state index in [1.165, 1.54) is 212 Å². The van der Waals surface area contributed by atoms with Crippen LogP contribution in [-0.2, 0) is 33.2 Å². The highest BCUT2D eigenvalue weighted by Crippen LogP contribution is 2.33.